The molecule has 2 N–H and O–H groups in total. The molecule has 0 unspecified atom stereocenters. The second kappa shape index (κ2) is 3.78. The molecular weight excluding hydrogens is 182 g/mol. The summed E-state index contributed by atoms with van der Waals surface area (Å²) >= 11 is 0. The van der Waals surface area contributed by atoms with E-state index in [2.05, 4.69) is 15.5 Å². The van der Waals surface area contributed by atoms with Gasteiger partial charge >= 0.3 is 0 Å². The standard InChI is InChI=1S/C9H9N3O2/c13-9(8-2-1-5-14-8)10-6-7-3-4-11-12-7/h1-5H,6H2,(H,10,13)(H,11,12). The van der Waals surface area contributed by atoms with Gasteiger partial charge in [0.05, 0.1) is 18.5 Å². The highest BCUT2D eigenvalue weighted by atomic mass is 16.3. The van der Waals surface area contributed by atoms with E-state index < -0.39 is 0 Å². The fraction of sp³-hybridized carbons (Fsp3) is 0.111. The van der Waals surface area contributed by atoms with Crippen molar-refractivity contribution in [2.24, 2.45) is 0 Å². The zero-order valence-corrected chi connectivity index (χ0v) is 7.36. The van der Waals surface area contributed by atoms with E-state index in [0.29, 0.717) is 12.3 Å². The third-order valence-corrected chi connectivity index (χ3v) is 1.74. The van der Waals surface area contributed by atoms with Crippen LogP contribution in [0.1, 0.15) is 16.2 Å². The lowest BCUT2D eigenvalue weighted by Crippen LogP contribution is -2.22. The van der Waals surface area contributed by atoms with Gasteiger partial charge in [-0.15, -0.1) is 0 Å². The van der Waals surface area contributed by atoms with Crippen molar-refractivity contribution in [1.82, 2.24) is 15.5 Å². The molecule has 2 rings (SSSR count). The van der Waals surface area contributed by atoms with Crippen molar-refractivity contribution in [2.75, 3.05) is 0 Å². The van der Waals surface area contributed by atoms with Crippen LogP contribution in [0, 0.1) is 0 Å². The Bertz CT molecular complexity index is 392. The number of rotatable bonds is 3. The monoisotopic (exact) mass is 191 g/mol. The Morgan fingerprint density at radius 3 is 3.14 bits per heavy atom. The Morgan fingerprint density at radius 1 is 1.57 bits per heavy atom. The maximum Gasteiger partial charge on any atom is 0.287 e. The third-order valence-electron chi connectivity index (χ3n) is 1.74. The number of carbonyl (C=O) groups excluding carboxylic acids is 1. The van der Waals surface area contributed by atoms with Crippen molar-refractivity contribution in [1.29, 1.82) is 0 Å². The van der Waals surface area contributed by atoms with E-state index in [9.17, 15) is 4.79 Å². The van der Waals surface area contributed by atoms with E-state index in [1.807, 2.05) is 0 Å². The molecule has 0 bridgehead atoms. The molecule has 0 aromatic carbocycles. The van der Waals surface area contributed by atoms with Crippen LogP contribution in [0.4, 0.5) is 0 Å². The summed E-state index contributed by atoms with van der Waals surface area (Å²) in [6.45, 7) is 0.416. The molecule has 0 spiro atoms. The summed E-state index contributed by atoms with van der Waals surface area (Å²) in [5.74, 6) is 0.0779. The van der Waals surface area contributed by atoms with Crippen molar-refractivity contribution in [2.45, 2.75) is 6.54 Å². The predicted octanol–water partition coefficient (Wildman–Crippen LogP) is 0.933. The lowest BCUT2D eigenvalue weighted by molar-refractivity contribution is 0.0922. The summed E-state index contributed by atoms with van der Waals surface area (Å²) in [7, 11) is 0. The summed E-state index contributed by atoms with van der Waals surface area (Å²) < 4.78 is 4.93. The molecule has 5 heteroatoms. The Hall–Kier alpha value is -2.04. The molecular formula is C9H9N3O2. The van der Waals surface area contributed by atoms with Gasteiger partial charge in [-0.3, -0.25) is 9.89 Å². The average molecular weight is 191 g/mol. The number of H-pyrrole nitrogens is 1. The zero-order chi connectivity index (χ0) is 9.80. The number of hydrogen-bond acceptors (Lipinski definition) is 3. The second-order valence-corrected chi connectivity index (χ2v) is 2.74. The minimum Gasteiger partial charge on any atom is -0.459 e. The van der Waals surface area contributed by atoms with Crippen LogP contribution in [-0.4, -0.2) is 16.1 Å². The number of amides is 1. The van der Waals surface area contributed by atoms with Crippen LogP contribution in [-0.2, 0) is 6.54 Å². The molecule has 72 valence electrons. The number of carbonyl (C=O) groups is 1. The number of nitrogens with one attached hydrogen (secondary N) is 2. The lowest BCUT2D eigenvalue weighted by atomic mass is 10.4. The summed E-state index contributed by atoms with van der Waals surface area (Å²) in [4.78, 5) is 11.4. The van der Waals surface area contributed by atoms with Gasteiger partial charge in [-0.25, -0.2) is 0 Å². The van der Waals surface area contributed by atoms with E-state index in [0.717, 1.165) is 5.69 Å². The molecule has 0 aliphatic heterocycles. The molecule has 0 aliphatic carbocycles. The van der Waals surface area contributed by atoms with Gasteiger partial charge in [0.1, 0.15) is 0 Å². The predicted molar refractivity (Wildman–Crippen MR) is 48.5 cm³/mol. The van der Waals surface area contributed by atoms with Crippen LogP contribution >= 0.6 is 0 Å². The van der Waals surface area contributed by atoms with Crippen LogP contribution in [0.2, 0.25) is 0 Å². The van der Waals surface area contributed by atoms with E-state index >= 15 is 0 Å². The maximum atomic E-state index is 11.4. The van der Waals surface area contributed by atoms with Crippen LogP contribution in [0.3, 0.4) is 0 Å². The molecule has 2 aromatic rings. The molecule has 0 fully saturated rings. The van der Waals surface area contributed by atoms with E-state index in [4.69, 9.17) is 4.42 Å². The number of aromatic amines is 1. The number of furan rings is 1. The Morgan fingerprint density at radius 2 is 2.50 bits per heavy atom. The first-order chi connectivity index (χ1) is 6.86. The topological polar surface area (TPSA) is 70.9 Å². The smallest absolute Gasteiger partial charge is 0.287 e. The first-order valence-corrected chi connectivity index (χ1v) is 4.16. The molecule has 5 nitrogen and oxygen atoms in total. The van der Waals surface area contributed by atoms with Crippen molar-refractivity contribution >= 4 is 5.91 Å². The third kappa shape index (κ3) is 1.82. The highest BCUT2D eigenvalue weighted by Crippen LogP contribution is 1.99. The van der Waals surface area contributed by atoms with Crippen LogP contribution in [0.5, 0.6) is 0 Å². The molecule has 0 atom stereocenters. The molecule has 2 heterocycles. The Kier molecular flexibility index (Phi) is 2.31. The summed E-state index contributed by atoms with van der Waals surface area (Å²) in [5, 5.41) is 9.19. The van der Waals surface area contributed by atoms with Gasteiger partial charge in [-0.05, 0) is 18.2 Å². The van der Waals surface area contributed by atoms with Crippen LogP contribution in [0.25, 0.3) is 0 Å². The van der Waals surface area contributed by atoms with E-state index in [1.165, 1.54) is 6.26 Å². The molecule has 0 saturated heterocycles. The maximum absolute atomic E-state index is 11.4. The van der Waals surface area contributed by atoms with Gasteiger partial charge in [-0.1, -0.05) is 0 Å². The molecule has 0 saturated carbocycles. The summed E-state index contributed by atoms with van der Waals surface area (Å²) in [5.41, 5.74) is 0.852. The normalized spacial score (nSPS) is 10.0. The largest absolute Gasteiger partial charge is 0.459 e. The van der Waals surface area contributed by atoms with Gasteiger partial charge in [0, 0.05) is 6.20 Å². The minimum absolute atomic E-state index is 0.232. The Balaban J connectivity index is 1.90. The minimum atomic E-state index is -0.232. The fourth-order valence-electron chi connectivity index (χ4n) is 1.05. The van der Waals surface area contributed by atoms with Crippen LogP contribution in [0.15, 0.2) is 35.1 Å². The summed E-state index contributed by atoms with van der Waals surface area (Å²) in [6.07, 6.45) is 3.10. The van der Waals surface area contributed by atoms with Gasteiger partial charge in [0.25, 0.3) is 5.91 Å². The van der Waals surface area contributed by atoms with E-state index in [-0.39, 0.29) is 5.91 Å². The Labute approximate surface area is 80.1 Å². The van der Waals surface area contributed by atoms with Crippen molar-refractivity contribution < 1.29 is 9.21 Å². The van der Waals surface area contributed by atoms with Gasteiger partial charge in [0.15, 0.2) is 5.76 Å². The average Bonchev–Trinajstić information content (AvgIpc) is 2.87. The van der Waals surface area contributed by atoms with Gasteiger partial charge in [-0.2, -0.15) is 5.10 Å². The molecule has 0 aliphatic rings. The highest BCUT2D eigenvalue weighted by Gasteiger charge is 2.07. The molecule has 2 aromatic heterocycles. The van der Waals surface area contributed by atoms with Crippen molar-refractivity contribution in [3.05, 3.63) is 42.1 Å². The first kappa shape index (κ1) is 8.55. The second-order valence-electron chi connectivity index (χ2n) is 2.74. The van der Waals surface area contributed by atoms with Crippen molar-refractivity contribution in [3.8, 4) is 0 Å². The SMILES string of the molecule is O=C(NCc1ccn[nH]1)c1ccco1. The lowest BCUT2D eigenvalue weighted by Gasteiger charge is -1.99. The number of nitrogens with zero attached hydrogens (tertiary/aromatic N) is 1. The van der Waals surface area contributed by atoms with Gasteiger partial charge < -0.3 is 9.73 Å². The fourth-order valence-corrected chi connectivity index (χ4v) is 1.05. The van der Waals surface area contributed by atoms with E-state index in [1.54, 1.807) is 24.4 Å². The van der Waals surface area contributed by atoms with Crippen molar-refractivity contribution in [3.63, 3.8) is 0 Å². The quantitative estimate of drug-likeness (QED) is 0.758. The molecule has 14 heavy (non-hydrogen) atoms. The highest BCUT2D eigenvalue weighted by molar-refractivity contribution is 5.91. The van der Waals surface area contributed by atoms with Crippen LogP contribution < -0.4 is 5.32 Å². The summed E-state index contributed by atoms with van der Waals surface area (Å²) in [6, 6.07) is 5.08. The molecule has 0 radical (unpaired) electrons. The molecule has 1 amide bonds. The zero-order valence-electron chi connectivity index (χ0n) is 7.36. The number of aromatic nitrogens is 2. The van der Waals surface area contributed by atoms with Gasteiger partial charge in [0.2, 0.25) is 0 Å². The first-order valence-electron chi connectivity index (χ1n) is 4.16. The number of hydrogen-bond donors (Lipinski definition) is 2.